The molecule has 1 amide bonds. The average Bonchev–Trinajstić information content (AvgIpc) is 2.61. The summed E-state index contributed by atoms with van der Waals surface area (Å²) in [6, 6.07) is 14.4. The number of hydrogen-bond acceptors (Lipinski definition) is 4. The van der Waals surface area contributed by atoms with Crippen LogP contribution in [0.15, 0.2) is 54.6 Å². The summed E-state index contributed by atoms with van der Waals surface area (Å²) in [6.07, 6.45) is 3.81. The summed E-state index contributed by atoms with van der Waals surface area (Å²) in [7, 11) is 0. The standard InChI is InChI=1S/C19H20N2O4/c1-15-17(11-7-12-18(15)21(23)24)10-5-6-13-20-19(22)25-14-16-8-3-2-4-9-16/h2-5,7-12H,6,13-14H2,1H3,(H,20,22). The molecule has 1 N–H and O–H groups in total. The van der Waals surface area contributed by atoms with E-state index in [0.29, 0.717) is 18.5 Å². The van der Waals surface area contributed by atoms with Gasteiger partial charge in [0.25, 0.3) is 5.69 Å². The van der Waals surface area contributed by atoms with Crippen molar-refractivity contribution in [3.8, 4) is 0 Å². The van der Waals surface area contributed by atoms with Gasteiger partial charge in [0, 0.05) is 18.2 Å². The van der Waals surface area contributed by atoms with Crippen LogP contribution in [0.3, 0.4) is 0 Å². The fraction of sp³-hybridized carbons (Fsp3) is 0.211. The highest BCUT2D eigenvalue weighted by Crippen LogP contribution is 2.22. The van der Waals surface area contributed by atoms with E-state index in [1.54, 1.807) is 13.0 Å². The zero-order chi connectivity index (χ0) is 18.1. The van der Waals surface area contributed by atoms with Crippen molar-refractivity contribution >= 4 is 17.9 Å². The third-order valence-corrected chi connectivity index (χ3v) is 3.63. The highest BCUT2D eigenvalue weighted by molar-refractivity contribution is 5.67. The highest BCUT2D eigenvalue weighted by atomic mass is 16.6. The number of ether oxygens (including phenoxy) is 1. The Morgan fingerprint density at radius 1 is 1.20 bits per heavy atom. The van der Waals surface area contributed by atoms with E-state index in [2.05, 4.69) is 5.32 Å². The average molecular weight is 340 g/mol. The van der Waals surface area contributed by atoms with Crippen LogP contribution in [0.1, 0.15) is 23.1 Å². The van der Waals surface area contributed by atoms with Crippen molar-refractivity contribution in [2.45, 2.75) is 20.0 Å². The van der Waals surface area contributed by atoms with Gasteiger partial charge in [-0.1, -0.05) is 54.6 Å². The van der Waals surface area contributed by atoms with Crippen LogP contribution in [-0.2, 0) is 11.3 Å². The molecule has 0 spiro atoms. The van der Waals surface area contributed by atoms with Gasteiger partial charge in [-0.25, -0.2) is 4.79 Å². The number of rotatable bonds is 7. The minimum Gasteiger partial charge on any atom is -0.445 e. The summed E-state index contributed by atoms with van der Waals surface area (Å²) in [5, 5.41) is 13.6. The molecule has 0 heterocycles. The van der Waals surface area contributed by atoms with Gasteiger partial charge in [0.2, 0.25) is 0 Å². The third kappa shape index (κ3) is 5.76. The molecule has 0 atom stereocenters. The summed E-state index contributed by atoms with van der Waals surface area (Å²) in [4.78, 5) is 22.1. The molecule has 0 saturated carbocycles. The predicted molar refractivity (Wildman–Crippen MR) is 96.1 cm³/mol. The molecular formula is C19H20N2O4. The lowest BCUT2D eigenvalue weighted by Gasteiger charge is -2.06. The van der Waals surface area contributed by atoms with Gasteiger partial charge in [-0.15, -0.1) is 0 Å². The smallest absolute Gasteiger partial charge is 0.407 e. The molecule has 0 aliphatic rings. The minimum atomic E-state index is -0.469. The Labute approximate surface area is 146 Å². The maximum atomic E-state index is 11.6. The molecule has 0 bridgehead atoms. The van der Waals surface area contributed by atoms with Crippen LogP contribution >= 0.6 is 0 Å². The molecule has 6 nitrogen and oxygen atoms in total. The molecule has 25 heavy (non-hydrogen) atoms. The molecule has 0 unspecified atom stereocenters. The van der Waals surface area contributed by atoms with Crippen LogP contribution in [0, 0.1) is 17.0 Å². The summed E-state index contributed by atoms with van der Waals surface area (Å²) in [5.41, 5.74) is 2.45. The van der Waals surface area contributed by atoms with Crippen molar-refractivity contribution < 1.29 is 14.5 Å². The molecule has 0 saturated heterocycles. The van der Waals surface area contributed by atoms with Gasteiger partial charge < -0.3 is 10.1 Å². The first-order valence-electron chi connectivity index (χ1n) is 7.93. The summed E-state index contributed by atoms with van der Waals surface area (Å²) >= 11 is 0. The second kappa shape index (κ2) is 9.22. The van der Waals surface area contributed by atoms with Gasteiger partial charge in [0.05, 0.1) is 4.92 Å². The Hall–Kier alpha value is -3.15. The van der Waals surface area contributed by atoms with Crippen molar-refractivity contribution in [1.82, 2.24) is 5.32 Å². The quantitative estimate of drug-likeness (QED) is 0.464. The Bertz CT molecular complexity index is 757. The van der Waals surface area contributed by atoms with Crippen molar-refractivity contribution in [3.05, 3.63) is 81.4 Å². The van der Waals surface area contributed by atoms with E-state index in [-0.39, 0.29) is 12.3 Å². The first-order valence-corrected chi connectivity index (χ1v) is 7.93. The molecule has 0 aliphatic heterocycles. The third-order valence-electron chi connectivity index (χ3n) is 3.63. The lowest BCUT2D eigenvalue weighted by atomic mass is 10.1. The van der Waals surface area contributed by atoms with Crippen molar-refractivity contribution in [1.29, 1.82) is 0 Å². The van der Waals surface area contributed by atoms with Gasteiger partial charge >= 0.3 is 6.09 Å². The van der Waals surface area contributed by atoms with E-state index in [1.165, 1.54) is 6.07 Å². The maximum Gasteiger partial charge on any atom is 0.407 e. The van der Waals surface area contributed by atoms with E-state index < -0.39 is 11.0 Å². The molecule has 0 aromatic heterocycles. The van der Waals surface area contributed by atoms with Crippen LogP contribution in [0.25, 0.3) is 6.08 Å². The van der Waals surface area contributed by atoms with E-state index >= 15 is 0 Å². The van der Waals surface area contributed by atoms with E-state index in [0.717, 1.165) is 11.1 Å². The van der Waals surface area contributed by atoms with Crippen LogP contribution in [0.5, 0.6) is 0 Å². The summed E-state index contributed by atoms with van der Waals surface area (Å²) in [6.45, 7) is 2.38. The zero-order valence-corrected chi connectivity index (χ0v) is 14.0. The van der Waals surface area contributed by atoms with Crippen LogP contribution in [-0.4, -0.2) is 17.6 Å². The van der Waals surface area contributed by atoms with Crippen molar-refractivity contribution in [2.75, 3.05) is 6.54 Å². The first kappa shape index (κ1) is 18.2. The maximum absolute atomic E-state index is 11.6. The molecule has 2 aromatic rings. The van der Waals surface area contributed by atoms with E-state index in [4.69, 9.17) is 4.74 Å². The van der Waals surface area contributed by atoms with Gasteiger partial charge in [0.1, 0.15) is 6.61 Å². The normalized spacial score (nSPS) is 10.6. The summed E-state index contributed by atoms with van der Waals surface area (Å²) < 4.78 is 5.11. The van der Waals surface area contributed by atoms with Gasteiger partial charge in [-0.3, -0.25) is 10.1 Å². The molecule has 0 aliphatic carbocycles. The van der Waals surface area contributed by atoms with Gasteiger partial charge in [0.15, 0.2) is 0 Å². The monoisotopic (exact) mass is 340 g/mol. The Balaban J connectivity index is 1.74. The van der Waals surface area contributed by atoms with E-state index in [9.17, 15) is 14.9 Å². The lowest BCUT2D eigenvalue weighted by Crippen LogP contribution is -2.24. The largest absolute Gasteiger partial charge is 0.445 e. The van der Waals surface area contributed by atoms with Crippen molar-refractivity contribution in [2.24, 2.45) is 0 Å². The fourth-order valence-corrected chi connectivity index (χ4v) is 2.26. The number of nitrogens with zero attached hydrogens (tertiary/aromatic N) is 1. The van der Waals surface area contributed by atoms with Gasteiger partial charge in [-0.2, -0.15) is 0 Å². The second-order valence-electron chi connectivity index (χ2n) is 5.43. The Morgan fingerprint density at radius 3 is 2.68 bits per heavy atom. The van der Waals surface area contributed by atoms with Gasteiger partial charge in [-0.05, 0) is 24.5 Å². The van der Waals surface area contributed by atoms with Crippen LogP contribution in [0.2, 0.25) is 0 Å². The number of carbonyl (C=O) groups is 1. The van der Waals surface area contributed by atoms with Crippen LogP contribution in [0.4, 0.5) is 10.5 Å². The number of carbonyl (C=O) groups excluding carboxylic acids is 1. The van der Waals surface area contributed by atoms with E-state index in [1.807, 2.05) is 48.6 Å². The number of benzene rings is 2. The molecule has 0 radical (unpaired) electrons. The molecule has 2 rings (SSSR count). The molecular weight excluding hydrogens is 320 g/mol. The SMILES string of the molecule is Cc1c(C=CCCNC(=O)OCc2ccccc2)cccc1[N+](=O)[O-]. The minimum absolute atomic E-state index is 0.102. The molecule has 2 aromatic carbocycles. The topological polar surface area (TPSA) is 81.5 Å². The Morgan fingerprint density at radius 2 is 1.96 bits per heavy atom. The number of amides is 1. The number of alkyl carbamates (subject to hydrolysis) is 1. The molecule has 6 heteroatoms. The Kier molecular flexibility index (Phi) is 6.71. The zero-order valence-electron chi connectivity index (χ0n) is 14.0. The summed E-state index contributed by atoms with van der Waals surface area (Å²) in [5.74, 6) is 0. The number of nitro groups is 1. The second-order valence-corrected chi connectivity index (χ2v) is 5.43. The molecule has 130 valence electrons. The first-order chi connectivity index (χ1) is 12.1. The number of nitro benzene ring substituents is 1. The molecule has 0 fully saturated rings. The highest BCUT2D eigenvalue weighted by Gasteiger charge is 2.11. The number of hydrogen-bond donors (Lipinski definition) is 1. The number of nitrogens with one attached hydrogen (secondary N) is 1. The lowest BCUT2D eigenvalue weighted by molar-refractivity contribution is -0.385. The van der Waals surface area contributed by atoms with Crippen LogP contribution < -0.4 is 5.32 Å². The predicted octanol–water partition coefficient (Wildman–Crippen LogP) is 4.23. The fourth-order valence-electron chi connectivity index (χ4n) is 2.26. The van der Waals surface area contributed by atoms with Crippen molar-refractivity contribution in [3.63, 3.8) is 0 Å².